The normalized spacial score (nSPS) is 13.4. The van der Waals surface area contributed by atoms with Crippen molar-refractivity contribution in [3.8, 4) is 0 Å². The van der Waals surface area contributed by atoms with E-state index >= 15 is 0 Å². The highest BCUT2D eigenvalue weighted by Crippen LogP contribution is 2.00. The van der Waals surface area contributed by atoms with E-state index in [0.29, 0.717) is 6.42 Å². The average molecular weight is 230 g/mol. The van der Waals surface area contributed by atoms with E-state index in [2.05, 4.69) is 24.1 Å². The van der Waals surface area contributed by atoms with Gasteiger partial charge in [-0.05, 0) is 25.9 Å². The molecule has 0 spiro atoms. The van der Waals surface area contributed by atoms with Crippen molar-refractivity contribution >= 4 is 5.97 Å². The minimum atomic E-state index is -0.749. The van der Waals surface area contributed by atoms with Crippen LogP contribution in [0.3, 0.4) is 0 Å². The summed E-state index contributed by atoms with van der Waals surface area (Å²) in [6.45, 7) is 11.1. The molecule has 0 saturated carbocycles. The topological polar surface area (TPSA) is 52.6 Å². The zero-order chi connectivity index (χ0) is 12.6. The summed E-state index contributed by atoms with van der Waals surface area (Å²) in [6.07, 6.45) is 1.78. The highest BCUT2D eigenvalue weighted by atomic mass is 16.4. The molecule has 4 nitrogen and oxygen atoms in total. The molecule has 0 fully saturated rings. The Morgan fingerprint density at radius 2 is 1.94 bits per heavy atom. The van der Waals surface area contributed by atoms with Crippen molar-refractivity contribution in [2.24, 2.45) is 0 Å². The quantitative estimate of drug-likeness (QED) is 0.631. The van der Waals surface area contributed by atoms with E-state index in [1.165, 1.54) is 0 Å². The predicted molar refractivity (Wildman–Crippen MR) is 66.7 cm³/mol. The number of nitrogens with zero attached hydrogens (tertiary/aromatic N) is 1. The highest BCUT2D eigenvalue weighted by Gasteiger charge is 2.18. The third kappa shape index (κ3) is 6.80. The SMILES string of the molecule is CCCN(CC)CCC(NC(C)C)C(=O)O. The minimum absolute atomic E-state index is 0.211. The summed E-state index contributed by atoms with van der Waals surface area (Å²) in [5.74, 6) is -0.749. The summed E-state index contributed by atoms with van der Waals surface area (Å²) in [5, 5.41) is 12.1. The molecule has 0 rings (SSSR count). The monoisotopic (exact) mass is 230 g/mol. The van der Waals surface area contributed by atoms with Crippen LogP contribution in [0.2, 0.25) is 0 Å². The average Bonchev–Trinajstić information content (AvgIpc) is 2.21. The van der Waals surface area contributed by atoms with E-state index in [1.807, 2.05) is 13.8 Å². The molecule has 1 unspecified atom stereocenters. The number of carboxylic acids is 1. The van der Waals surface area contributed by atoms with Crippen LogP contribution in [0.4, 0.5) is 0 Å². The van der Waals surface area contributed by atoms with Crippen LogP contribution >= 0.6 is 0 Å². The summed E-state index contributed by atoms with van der Waals surface area (Å²) in [5.41, 5.74) is 0. The Morgan fingerprint density at radius 3 is 2.31 bits per heavy atom. The van der Waals surface area contributed by atoms with Crippen LogP contribution in [-0.2, 0) is 4.79 Å². The molecule has 0 aliphatic heterocycles. The first-order chi connectivity index (χ1) is 7.51. The molecule has 0 aliphatic carbocycles. The molecule has 0 radical (unpaired) electrons. The molecule has 0 aromatic rings. The van der Waals surface area contributed by atoms with Gasteiger partial charge in [-0.15, -0.1) is 0 Å². The van der Waals surface area contributed by atoms with Gasteiger partial charge in [-0.2, -0.15) is 0 Å². The second-order valence-corrected chi connectivity index (χ2v) is 4.44. The maximum atomic E-state index is 11.0. The molecule has 0 saturated heterocycles. The Balaban J connectivity index is 4.04. The van der Waals surface area contributed by atoms with Crippen molar-refractivity contribution < 1.29 is 9.90 Å². The van der Waals surface area contributed by atoms with E-state index in [0.717, 1.165) is 26.1 Å². The molecule has 0 aliphatic rings. The van der Waals surface area contributed by atoms with Gasteiger partial charge in [0.05, 0.1) is 0 Å². The molecule has 0 amide bonds. The van der Waals surface area contributed by atoms with E-state index < -0.39 is 12.0 Å². The molecule has 0 aromatic heterocycles. The van der Waals surface area contributed by atoms with Crippen LogP contribution < -0.4 is 5.32 Å². The van der Waals surface area contributed by atoms with Crippen molar-refractivity contribution in [3.05, 3.63) is 0 Å². The number of rotatable bonds is 9. The van der Waals surface area contributed by atoms with E-state index in [4.69, 9.17) is 5.11 Å². The molecule has 0 aromatic carbocycles. The summed E-state index contributed by atoms with van der Waals surface area (Å²) in [4.78, 5) is 13.3. The summed E-state index contributed by atoms with van der Waals surface area (Å²) in [7, 11) is 0. The molecular weight excluding hydrogens is 204 g/mol. The molecule has 96 valence electrons. The molecule has 16 heavy (non-hydrogen) atoms. The van der Waals surface area contributed by atoms with Crippen LogP contribution in [0.25, 0.3) is 0 Å². The van der Waals surface area contributed by atoms with Gasteiger partial charge >= 0.3 is 5.97 Å². The van der Waals surface area contributed by atoms with Crippen LogP contribution in [0.1, 0.15) is 40.5 Å². The van der Waals surface area contributed by atoms with Crippen LogP contribution in [0.5, 0.6) is 0 Å². The van der Waals surface area contributed by atoms with Gasteiger partial charge in [0.25, 0.3) is 0 Å². The van der Waals surface area contributed by atoms with E-state index in [-0.39, 0.29) is 6.04 Å². The third-order valence-electron chi connectivity index (χ3n) is 2.55. The zero-order valence-electron chi connectivity index (χ0n) is 11.0. The number of aliphatic carboxylic acids is 1. The second kappa shape index (κ2) is 8.53. The fraction of sp³-hybridized carbons (Fsp3) is 0.917. The largest absolute Gasteiger partial charge is 0.480 e. The number of hydrogen-bond donors (Lipinski definition) is 2. The molecule has 2 N–H and O–H groups in total. The smallest absolute Gasteiger partial charge is 0.320 e. The first kappa shape index (κ1) is 15.4. The van der Waals surface area contributed by atoms with Gasteiger partial charge in [-0.1, -0.05) is 27.7 Å². The van der Waals surface area contributed by atoms with E-state index in [9.17, 15) is 4.79 Å². The second-order valence-electron chi connectivity index (χ2n) is 4.44. The van der Waals surface area contributed by atoms with Crippen molar-refractivity contribution in [1.29, 1.82) is 0 Å². The van der Waals surface area contributed by atoms with Crippen molar-refractivity contribution in [2.75, 3.05) is 19.6 Å². The number of carboxylic acid groups (broad SMARTS) is 1. The molecular formula is C12H26N2O2. The Labute approximate surface area is 99.0 Å². The minimum Gasteiger partial charge on any atom is -0.480 e. The van der Waals surface area contributed by atoms with Crippen molar-refractivity contribution in [2.45, 2.75) is 52.6 Å². The fourth-order valence-corrected chi connectivity index (χ4v) is 1.74. The highest BCUT2D eigenvalue weighted by molar-refractivity contribution is 5.73. The lowest BCUT2D eigenvalue weighted by atomic mass is 10.1. The molecule has 0 heterocycles. The molecule has 4 heteroatoms. The van der Waals surface area contributed by atoms with Gasteiger partial charge in [0, 0.05) is 12.6 Å². The van der Waals surface area contributed by atoms with Gasteiger partial charge < -0.3 is 15.3 Å². The third-order valence-corrected chi connectivity index (χ3v) is 2.55. The standard InChI is InChI=1S/C12H26N2O2/c1-5-8-14(6-2)9-7-11(12(15)16)13-10(3)4/h10-11,13H,5-9H2,1-4H3,(H,15,16). The first-order valence-electron chi connectivity index (χ1n) is 6.22. The van der Waals surface area contributed by atoms with Crippen LogP contribution in [0, 0.1) is 0 Å². The molecule has 0 bridgehead atoms. The lowest BCUT2D eigenvalue weighted by molar-refractivity contribution is -0.139. The lowest BCUT2D eigenvalue weighted by Crippen LogP contribution is -2.43. The van der Waals surface area contributed by atoms with Gasteiger partial charge in [-0.3, -0.25) is 4.79 Å². The van der Waals surface area contributed by atoms with Gasteiger partial charge in [0.1, 0.15) is 6.04 Å². The Kier molecular flexibility index (Phi) is 8.21. The Hall–Kier alpha value is -0.610. The maximum Gasteiger partial charge on any atom is 0.320 e. The first-order valence-corrected chi connectivity index (χ1v) is 6.22. The number of hydrogen-bond acceptors (Lipinski definition) is 3. The van der Waals surface area contributed by atoms with Crippen LogP contribution in [-0.4, -0.2) is 47.7 Å². The fourth-order valence-electron chi connectivity index (χ4n) is 1.74. The number of carbonyl (C=O) groups is 1. The lowest BCUT2D eigenvalue weighted by Gasteiger charge is -2.23. The zero-order valence-corrected chi connectivity index (χ0v) is 11.0. The van der Waals surface area contributed by atoms with Crippen molar-refractivity contribution in [3.63, 3.8) is 0 Å². The van der Waals surface area contributed by atoms with Gasteiger partial charge in [-0.25, -0.2) is 0 Å². The van der Waals surface area contributed by atoms with Crippen LogP contribution in [0.15, 0.2) is 0 Å². The predicted octanol–water partition coefficient (Wildman–Crippen LogP) is 1.56. The Bertz CT molecular complexity index is 195. The van der Waals surface area contributed by atoms with Gasteiger partial charge in [0.15, 0.2) is 0 Å². The molecule has 1 atom stereocenters. The van der Waals surface area contributed by atoms with E-state index in [1.54, 1.807) is 0 Å². The van der Waals surface area contributed by atoms with Gasteiger partial charge in [0.2, 0.25) is 0 Å². The summed E-state index contributed by atoms with van der Waals surface area (Å²) >= 11 is 0. The Morgan fingerprint density at radius 1 is 1.31 bits per heavy atom. The maximum absolute atomic E-state index is 11.0. The summed E-state index contributed by atoms with van der Waals surface area (Å²) < 4.78 is 0. The summed E-state index contributed by atoms with van der Waals surface area (Å²) in [6, 6.07) is -0.215. The number of nitrogens with one attached hydrogen (secondary N) is 1. The van der Waals surface area contributed by atoms with Crippen molar-refractivity contribution in [1.82, 2.24) is 10.2 Å².